The van der Waals surface area contributed by atoms with E-state index in [0.717, 1.165) is 12.1 Å². The largest absolute Gasteiger partial charge is 0.457 e. The number of carbonyl (C=O) groups excluding carboxylic acids is 1. The lowest BCUT2D eigenvalue weighted by Gasteiger charge is -2.10. The Kier molecular flexibility index (Phi) is 6.77. The molecule has 0 unspecified atom stereocenters. The maximum Gasteiger partial charge on any atom is 0.416 e. The molecule has 1 N–H and O–H groups in total. The van der Waals surface area contributed by atoms with Crippen molar-refractivity contribution < 1.29 is 31.1 Å². The van der Waals surface area contributed by atoms with Crippen molar-refractivity contribution >= 4 is 16.0 Å². The van der Waals surface area contributed by atoms with E-state index in [-0.39, 0.29) is 35.6 Å². The normalized spacial score (nSPS) is 11.6. The summed E-state index contributed by atoms with van der Waals surface area (Å²) in [6, 6.07) is 11.0. The van der Waals surface area contributed by atoms with E-state index >= 15 is 0 Å². The lowest BCUT2D eigenvalue weighted by molar-refractivity contribution is -0.137. The summed E-state index contributed by atoms with van der Waals surface area (Å²) in [4.78, 5) is 11.9. The Labute approximate surface area is 159 Å². The fraction of sp³-hybridized carbons (Fsp3) is 0.222. The van der Waals surface area contributed by atoms with Crippen molar-refractivity contribution in [2.45, 2.75) is 24.1 Å². The minimum absolute atomic E-state index is 0.0131. The number of nitrogens with one attached hydrogen (secondary N) is 1. The fourth-order valence-electron chi connectivity index (χ4n) is 2.16. The van der Waals surface area contributed by atoms with Gasteiger partial charge in [-0.2, -0.15) is 18.4 Å². The molecule has 0 spiro atoms. The molecule has 2 rings (SSSR count). The van der Waals surface area contributed by atoms with E-state index in [9.17, 15) is 26.4 Å². The first-order valence-electron chi connectivity index (χ1n) is 7.93. The van der Waals surface area contributed by atoms with Crippen LogP contribution in [0.25, 0.3) is 0 Å². The standard InChI is InChI=1S/C18H15F3N2O4S/c19-18(20,21)15-4-1-3-13(11-15)12-27-17(24)14-5-7-16(8-6-14)28(25,26)23-10-2-9-22/h1,3-8,11,23H,2,10,12H2. The number of halogens is 3. The lowest BCUT2D eigenvalue weighted by atomic mass is 10.1. The summed E-state index contributed by atoms with van der Waals surface area (Å²) in [6.45, 7) is -0.405. The smallest absolute Gasteiger partial charge is 0.416 e. The number of rotatable bonds is 7. The van der Waals surface area contributed by atoms with Crippen LogP contribution in [0.3, 0.4) is 0 Å². The molecule has 0 aromatic heterocycles. The van der Waals surface area contributed by atoms with E-state index in [0.29, 0.717) is 0 Å². The van der Waals surface area contributed by atoms with E-state index < -0.39 is 27.7 Å². The number of hydrogen-bond donors (Lipinski definition) is 1. The molecular weight excluding hydrogens is 397 g/mol. The Bertz CT molecular complexity index is 981. The monoisotopic (exact) mass is 412 g/mol. The van der Waals surface area contributed by atoms with E-state index in [1.807, 2.05) is 0 Å². The second kappa shape index (κ2) is 8.86. The van der Waals surface area contributed by atoms with Gasteiger partial charge >= 0.3 is 12.1 Å². The highest BCUT2D eigenvalue weighted by atomic mass is 32.2. The Morgan fingerprint density at radius 3 is 2.43 bits per heavy atom. The van der Waals surface area contributed by atoms with Crippen molar-refractivity contribution in [2.75, 3.05) is 6.54 Å². The number of ether oxygens (including phenoxy) is 1. The molecule has 0 amide bonds. The molecule has 28 heavy (non-hydrogen) atoms. The zero-order valence-electron chi connectivity index (χ0n) is 14.4. The molecule has 0 aliphatic heterocycles. The molecule has 0 aliphatic carbocycles. The molecule has 0 bridgehead atoms. The van der Waals surface area contributed by atoms with Gasteiger partial charge in [-0.05, 0) is 42.0 Å². The van der Waals surface area contributed by atoms with Crippen LogP contribution in [0.2, 0.25) is 0 Å². The summed E-state index contributed by atoms with van der Waals surface area (Å²) in [5.74, 6) is -0.807. The SMILES string of the molecule is N#CCCNS(=O)(=O)c1ccc(C(=O)OCc2cccc(C(F)(F)F)c2)cc1. The molecule has 6 nitrogen and oxygen atoms in total. The van der Waals surface area contributed by atoms with Gasteiger partial charge in [0.25, 0.3) is 0 Å². The van der Waals surface area contributed by atoms with Crippen LogP contribution < -0.4 is 4.72 Å². The van der Waals surface area contributed by atoms with Crippen LogP contribution in [0.15, 0.2) is 53.4 Å². The molecule has 0 atom stereocenters. The average molecular weight is 412 g/mol. The molecule has 0 fully saturated rings. The summed E-state index contributed by atoms with van der Waals surface area (Å²) in [5, 5.41) is 8.43. The van der Waals surface area contributed by atoms with Crippen LogP contribution in [-0.2, 0) is 27.5 Å². The van der Waals surface area contributed by atoms with E-state index in [2.05, 4.69) is 4.72 Å². The molecule has 10 heteroatoms. The molecule has 0 saturated heterocycles. The molecular formula is C18H15F3N2O4S. The van der Waals surface area contributed by atoms with Gasteiger partial charge in [0, 0.05) is 13.0 Å². The highest BCUT2D eigenvalue weighted by Gasteiger charge is 2.30. The van der Waals surface area contributed by atoms with Crippen molar-refractivity contribution in [3.05, 3.63) is 65.2 Å². The number of carbonyl (C=O) groups is 1. The number of nitriles is 1. The van der Waals surface area contributed by atoms with Gasteiger partial charge in [0.1, 0.15) is 6.61 Å². The molecule has 0 heterocycles. The van der Waals surface area contributed by atoms with Crippen molar-refractivity contribution in [2.24, 2.45) is 0 Å². The third-order valence-electron chi connectivity index (χ3n) is 3.55. The summed E-state index contributed by atoms with van der Waals surface area (Å²) in [5.41, 5.74) is -0.633. The maximum absolute atomic E-state index is 12.7. The summed E-state index contributed by atoms with van der Waals surface area (Å²) in [6.07, 6.45) is -4.48. The second-order valence-electron chi connectivity index (χ2n) is 5.60. The Balaban J connectivity index is 2.01. The number of benzene rings is 2. The predicted octanol–water partition coefficient (Wildman–Crippen LogP) is 3.25. The van der Waals surface area contributed by atoms with Gasteiger partial charge < -0.3 is 4.74 Å². The Hall–Kier alpha value is -2.90. The first-order valence-corrected chi connectivity index (χ1v) is 9.42. The number of sulfonamides is 1. The maximum atomic E-state index is 12.7. The number of alkyl halides is 3. The van der Waals surface area contributed by atoms with Gasteiger partial charge in [-0.25, -0.2) is 17.9 Å². The fourth-order valence-corrected chi connectivity index (χ4v) is 3.20. The van der Waals surface area contributed by atoms with Gasteiger partial charge in [-0.15, -0.1) is 0 Å². The number of nitrogens with zero attached hydrogens (tertiary/aromatic N) is 1. The summed E-state index contributed by atoms with van der Waals surface area (Å²) >= 11 is 0. The quantitative estimate of drug-likeness (QED) is 0.556. The minimum atomic E-state index is -4.50. The molecule has 148 valence electrons. The molecule has 2 aromatic carbocycles. The van der Waals surface area contributed by atoms with Crippen molar-refractivity contribution in [3.8, 4) is 6.07 Å². The van der Waals surface area contributed by atoms with Crippen molar-refractivity contribution in [1.82, 2.24) is 4.72 Å². The molecule has 2 aromatic rings. The van der Waals surface area contributed by atoms with Crippen LogP contribution in [0.4, 0.5) is 13.2 Å². The van der Waals surface area contributed by atoms with Crippen molar-refractivity contribution in [3.63, 3.8) is 0 Å². The second-order valence-corrected chi connectivity index (χ2v) is 7.37. The zero-order chi connectivity index (χ0) is 20.8. The Morgan fingerprint density at radius 2 is 1.82 bits per heavy atom. The van der Waals surface area contributed by atoms with Crippen LogP contribution in [0.1, 0.15) is 27.9 Å². The van der Waals surface area contributed by atoms with E-state index in [1.165, 1.54) is 36.4 Å². The number of hydrogen-bond acceptors (Lipinski definition) is 5. The summed E-state index contributed by atoms with van der Waals surface area (Å²) < 4.78 is 69.2. The zero-order valence-corrected chi connectivity index (χ0v) is 15.2. The van der Waals surface area contributed by atoms with Crippen LogP contribution in [-0.4, -0.2) is 20.9 Å². The molecule has 0 radical (unpaired) electrons. The topological polar surface area (TPSA) is 96.3 Å². The molecule has 0 saturated carbocycles. The average Bonchev–Trinajstić information content (AvgIpc) is 2.66. The van der Waals surface area contributed by atoms with Crippen LogP contribution in [0, 0.1) is 11.3 Å². The Morgan fingerprint density at radius 1 is 1.14 bits per heavy atom. The van der Waals surface area contributed by atoms with Crippen molar-refractivity contribution in [1.29, 1.82) is 5.26 Å². The van der Waals surface area contributed by atoms with Gasteiger partial charge in [-0.1, -0.05) is 12.1 Å². The predicted molar refractivity (Wildman–Crippen MR) is 92.4 cm³/mol. The first-order chi connectivity index (χ1) is 13.1. The summed E-state index contributed by atoms with van der Waals surface area (Å²) in [7, 11) is -3.81. The van der Waals surface area contributed by atoms with Gasteiger partial charge in [0.05, 0.1) is 22.1 Å². The number of esters is 1. The van der Waals surface area contributed by atoms with Crippen LogP contribution in [0.5, 0.6) is 0 Å². The minimum Gasteiger partial charge on any atom is -0.457 e. The van der Waals surface area contributed by atoms with Crippen LogP contribution >= 0.6 is 0 Å². The van der Waals surface area contributed by atoms with E-state index in [1.54, 1.807) is 6.07 Å². The highest BCUT2D eigenvalue weighted by molar-refractivity contribution is 7.89. The third kappa shape index (κ3) is 5.80. The lowest BCUT2D eigenvalue weighted by Crippen LogP contribution is -2.24. The molecule has 0 aliphatic rings. The van der Waals surface area contributed by atoms with Gasteiger partial charge in [0.15, 0.2) is 0 Å². The third-order valence-corrected chi connectivity index (χ3v) is 5.03. The first kappa shape index (κ1) is 21.4. The van der Waals surface area contributed by atoms with E-state index in [4.69, 9.17) is 10.00 Å². The van der Waals surface area contributed by atoms with Gasteiger partial charge in [-0.3, -0.25) is 0 Å². The van der Waals surface area contributed by atoms with Gasteiger partial charge in [0.2, 0.25) is 10.0 Å². The highest BCUT2D eigenvalue weighted by Crippen LogP contribution is 2.29.